The Morgan fingerprint density at radius 1 is 1.24 bits per heavy atom. The highest BCUT2D eigenvalue weighted by Gasteiger charge is 2.07. The number of nitrogens with zero attached hydrogens (tertiary/aromatic N) is 2. The highest BCUT2D eigenvalue weighted by molar-refractivity contribution is 6.04. The fourth-order valence-electron chi connectivity index (χ4n) is 1.99. The molecule has 0 unspecified atom stereocenters. The molecule has 0 atom stereocenters. The minimum absolute atomic E-state index is 0.0184. The van der Waals surface area contributed by atoms with Crippen LogP contribution in [0.5, 0.6) is 0 Å². The number of carbonyl (C=O) groups is 1. The van der Waals surface area contributed by atoms with Gasteiger partial charge in [0.05, 0.1) is 5.70 Å². The topological polar surface area (TPSA) is 80.4 Å². The van der Waals surface area contributed by atoms with Gasteiger partial charge in [0.15, 0.2) is 11.6 Å². The smallest absolute Gasteiger partial charge is 0.272 e. The average molecular weight is 344 g/mol. The fourth-order valence-corrected chi connectivity index (χ4v) is 1.99. The van der Waals surface area contributed by atoms with Crippen LogP contribution in [0.25, 0.3) is 0 Å². The van der Waals surface area contributed by atoms with E-state index in [0.717, 1.165) is 17.7 Å². The van der Waals surface area contributed by atoms with Crippen LogP contribution in [0, 0.1) is 11.6 Å². The lowest BCUT2D eigenvalue weighted by molar-refractivity contribution is -0.112. The number of carbonyl (C=O) groups excluding carboxylic acids is 1. The van der Waals surface area contributed by atoms with E-state index in [-0.39, 0.29) is 5.70 Å². The summed E-state index contributed by atoms with van der Waals surface area (Å²) in [4.78, 5) is 19.9. The van der Waals surface area contributed by atoms with Gasteiger partial charge in [0.2, 0.25) is 0 Å². The average Bonchev–Trinajstić information content (AvgIpc) is 2.60. The molecule has 0 aliphatic rings. The van der Waals surface area contributed by atoms with Crippen molar-refractivity contribution in [2.75, 3.05) is 11.9 Å². The van der Waals surface area contributed by atoms with Gasteiger partial charge in [-0.3, -0.25) is 9.79 Å². The molecule has 1 amide bonds. The Morgan fingerprint density at radius 2 is 2.00 bits per heavy atom. The van der Waals surface area contributed by atoms with Crippen molar-refractivity contribution in [2.24, 2.45) is 10.7 Å². The van der Waals surface area contributed by atoms with Crippen molar-refractivity contribution in [3.63, 3.8) is 0 Å². The first-order valence-electron chi connectivity index (χ1n) is 7.65. The molecule has 2 rings (SSSR count). The van der Waals surface area contributed by atoms with Gasteiger partial charge in [0, 0.05) is 19.0 Å². The van der Waals surface area contributed by atoms with Crippen molar-refractivity contribution in [1.29, 1.82) is 0 Å². The monoisotopic (exact) mass is 344 g/mol. The summed E-state index contributed by atoms with van der Waals surface area (Å²) in [6.07, 6.45) is 4.83. The summed E-state index contributed by atoms with van der Waals surface area (Å²) in [7, 11) is 0. The van der Waals surface area contributed by atoms with Gasteiger partial charge in [0.25, 0.3) is 5.91 Å². The zero-order valence-electron chi connectivity index (χ0n) is 13.7. The van der Waals surface area contributed by atoms with Crippen molar-refractivity contribution < 1.29 is 13.6 Å². The molecule has 130 valence electrons. The van der Waals surface area contributed by atoms with Crippen molar-refractivity contribution in [2.45, 2.75) is 13.3 Å². The Labute approximate surface area is 144 Å². The standard InChI is InChI=1S/C18H18F2N4O/c1-2-22-8-7-16(21)18(25)24-17-6-4-13(11-23-17)9-12-3-5-14(19)15(20)10-12/h3-8,10-11H,2,9,21H2,1H3,(H,23,24,25)/b16-7-,22-8?. The predicted molar refractivity (Wildman–Crippen MR) is 93.3 cm³/mol. The number of amides is 1. The molecule has 1 heterocycles. The zero-order valence-corrected chi connectivity index (χ0v) is 13.7. The SMILES string of the molecule is CCN=C/C=C(\N)C(=O)Nc1ccc(Cc2ccc(F)c(F)c2)cn1. The Bertz CT molecular complexity index is 801. The normalized spacial score (nSPS) is 11.7. The van der Waals surface area contributed by atoms with E-state index in [1.165, 1.54) is 18.4 Å². The second kappa shape index (κ2) is 8.68. The van der Waals surface area contributed by atoms with Gasteiger partial charge in [0.1, 0.15) is 5.82 Å². The molecule has 0 bridgehead atoms. The molecule has 5 nitrogen and oxygen atoms in total. The summed E-state index contributed by atoms with van der Waals surface area (Å²) in [5.41, 5.74) is 7.07. The minimum atomic E-state index is -0.886. The predicted octanol–water partition coefficient (Wildman–Crippen LogP) is 2.82. The van der Waals surface area contributed by atoms with Crippen molar-refractivity contribution in [3.8, 4) is 0 Å². The Kier molecular flexibility index (Phi) is 6.33. The third-order valence-electron chi connectivity index (χ3n) is 3.26. The van der Waals surface area contributed by atoms with Gasteiger partial charge in [-0.05, 0) is 48.7 Å². The van der Waals surface area contributed by atoms with Crippen LogP contribution < -0.4 is 11.1 Å². The lowest BCUT2D eigenvalue weighted by Crippen LogP contribution is -2.20. The van der Waals surface area contributed by atoms with E-state index in [2.05, 4.69) is 15.3 Å². The Balaban J connectivity index is 1.99. The third-order valence-corrected chi connectivity index (χ3v) is 3.26. The molecule has 0 fully saturated rings. The molecule has 0 saturated heterocycles. The first-order valence-corrected chi connectivity index (χ1v) is 7.65. The van der Waals surface area contributed by atoms with Crippen LogP contribution in [0.3, 0.4) is 0 Å². The van der Waals surface area contributed by atoms with Gasteiger partial charge >= 0.3 is 0 Å². The number of hydrogen-bond donors (Lipinski definition) is 2. The van der Waals surface area contributed by atoms with Gasteiger partial charge < -0.3 is 11.1 Å². The number of pyridine rings is 1. The van der Waals surface area contributed by atoms with E-state index >= 15 is 0 Å². The minimum Gasteiger partial charge on any atom is -0.394 e. The maximum atomic E-state index is 13.2. The lowest BCUT2D eigenvalue weighted by atomic mass is 10.1. The number of aliphatic imine (C=N–C) groups is 1. The maximum absolute atomic E-state index is 13.2. The Morgan fingerprint density at radius 3 is 2.64 bits per heavy atom. The lowest BCUT2D eigenvalue weighted by Gasteiger charge is -2.06. The molecule has 7 heteroatoms. The van der Waals surface area contributed by atoms with E-state index in [4.69, 9.17) is 5.73 Å². The van der Waals surface area contributed by atoms with Crippen molar-refractivity contribution in [1.82, 2.24) is 4.98 Å². The molecule has 25 heavy (non-hydrogen) atoms. The Hall–Kier alpha value is -3.09. The van der Waals surface area contributed by atoms with Crippen LogP contribution >= 0.6 is 0 Å². The van der Waals surface area contributed by atoms with Crippen molar-refractivity contribution in [3.05, 3.63) is 71.1 Å². The number of benzene rings is 1. The summed E-state index contributed by atoms with van der Waals surface area (Å²) >= 11 is 0. The van der Waals surface area contributed by atoms with E-state index in [9.17, 15) is 13.6 Å². The summed E-state index contributed by atoms with van der Waals surface area (Å²) in [6.45, 7) is 2.47. The van der Waals surface area contributed by atoms with Crippen molar-refractivity contribution >= 4 is 17.9 Å². The first-order chi connectivity index (χ1) is 12.0. The molecule has 3 N–H and O–H groups in total. The van der Waals surface area contributed by atoms with E-state index in [0.29, 0.717) is 24.3 Å². The van der Waals surface area contributed by atoms with Crippen LogP contribution in [0.2, 0.25) is 0 Å². The highest BCUT2D eigenvalue weighted by Crippen LogP contribution is 2.14. The summed E-state index contributed by atoms with van der Waals surface area (Å²) in [5, 5.41) is 2.56. The van der Waals surface area contributed by atoms with E-state index < -0.39 is 17.5 Å². The third kappa shape index (κ3) is 5.49. The maximum Gasteiger partial charge on any atom is 0.272 e. The largest absolute Gasteiger partial charge is 0.394 e. The number of allylic oxidation sites excluding steroid dienone is 1. The zero-order chi connectivity index (χ0) is 18.2. The molecule has 0 saturated carbocycles. The molecule has 1 aromatic heterocycles. The molecule has 0 aliphatic carbocycles. The number of nitrogens with one attached hydrogen (secondary N) is 1. The van der Waals surface area contributed by atoms with Crippen LogP contribution in [0.1, 0.15) is 18.1 Å². The van der Waals surface area contributed by atoms with Gasteiger partial charge in [-0.25, -0.2) is 13.8 Å². The number of aromatic nitrogens is 1. The second-order valence-corrected chi connectivity index (χ2v) is 5.20. The van der Waals surface area contributed by atoms with Crippen LogP contribution in [0.4, 0.5) is 14.6 Å². The van der Waals surface area contributed by atoms with Gasteiger partial charge in [-0.15, -0.1) is 0 Å². The molecule has 0 radical (unpaired) electrons. The quantitative estimate of drug-likeness (QED) is 0.625. The fraction of sp³-hybridized carbons (Fsp3) is 0.167. The number of halogens is 2. The second-order valence-electron chi connectivity index (χ2n) is 5.20. The molecule has 0 aliphatic heterocycles. The number of hydrogen-bond acceptors (Lipinski definition) is 4. The summed E-state index contributed by atoms with van der Waals surface area (Å²) < 4.78 is 26.1. The molecular formula is C18H18F2N4O. The van der Waals surface area contributed by atoms with Gasteiger partial charge in [-0.2, -0.15) is 0 Å². The van der Waals surface area contributed by atoms with Crippen LogP contribution in [-0.2, 0) is 11.2 Å². The number of nitrogens with two attached hydrogens (primary N) is 1. The molecule has 0 spiro atoms. The van der Waals surface area contributed by atoms with Gasteiger partial charge in [-0.1, -0.05) is 12.1 Å². The van der Waals surface area contributed by atoms with Crippen LogP contribution in [0.15, 0.2) is 53.3 Å². The van der Waals surface area contributed by atoms with E-state index in [1.54, 1.807) is 18.3 Å². The summed E-state index contributed by atoms with van der Waals surface area (Å²) in [6, 6.07) is 7.10. The molecule has 1 aromatic carbocycles. The first kappa shape index (κ1) is 18.3. The summed E-state index contributed by atoms with van der Waals surface area (Å²) in [5.74, 6) is -1.91. The molecule has 2 aromatic rings. The number of anilines is 1. The highest BCUT2D eigenvalue weighted by atomic mass is 19.2. The van der Waals surface area contributed by atoms with E-state index in [1.807, 2.05) is 6.92 Å². The van der Waals surface area contributed by atoms with Crippen LogP contribution in [-0.4, -0.2) is 23.7 Å². The molecular weight excluding hydrogens is 326 g/mol. The number of rotatable bonds is 6.